The molecule has 0 spiro atoms. The van der Waals surface area contributed by atoms with Crippen LogP contribution in [0.5, 0.6) is 0 Å². The van der Waals surface area contributed by atoms with E-state index in [0.717, 1.165) is 45.6 Å². The lowest BCUT2D eigenvalue weighted by Crippen LogP contribution is -2.42. The molecule has 4 rings (SSSR count). The summed E-state index contributed by atoms with van der Waals surface area (Å²) in [7, 11) is 0. The SMILES string of the molecule is O=C1CC2C(CCN2C(=O)c2cscn2)N1CC1CCOCC1. The van der Waals surface area contributed by atoms with Crippen molar-refractivity contribution in [2.24, 2.45) is 5.92 Å². The van der Waals surface area contributed by atoms with Gasteiger partial charge in [-0.15, -0.1) is 11.3 Å². The molecule has 1 aromatic rings. The molecule has 0 aliphatic carbocycles. The van der Waals surface area contributed by atoms with E-state index in [0.29, 0.717) is 18.0 Å². The highest BCUT2D eigenvalue weighted by molar-refractivity contribution is 7.07. The van der Waals surface area contributed by atoms with Gasteiger partial charge in [0.1, 0.15) is 5.69 Å². The second-order valence-corrected chi connectivity index (χ2v) is 7.32. The zero-order chi connectivity index (χ0) is 15.8. The Hall–Kier alpha value is -1.47. The Morgan fingerprint density at radius 2 is 2.13 bits per heavy atom. The summed E-state index contributed by atoms with van der Waals surface area (Å²) in [5.41, 5.74) is 2.18. The number of ether oxygens (including phenoxy) is 1. The van der Waals surface area contributed by atoms with Gasteiger partial charge in [-0.3, -0.25) is 9.59 Å². The Labute approximate surface area is 139 Å². The molecule has 3 fully saturated rings. The van der Waals surface area contributed by atoms with Gasteiger partial charge in [-0.2, -0.15) is 0 Å². The van der Waals surface area contributed by atoms with Crippen molar-refractivity contribution in [3.8, 4) is 0 Å². The molecule has 0 bridgehead atoms. The number of rotatable bonds is 3. The highest BCUT2D eigenvalue weighted by atomic mass is 32.1. The summed E-state index contributed by atoms with van der Waals surface area (Å²) >= 11 is 1.43. The lowest BCUT2D eigenvalue weighted by atomic mass is 9.99. The normalized spacial score (nSPS) is 28.4. The van der Waals surface area contributed by atoms with Crippen molar-refractivity contribution in [1.82, 2.24) is 14.8 Å². The first-order chi connectivity index (χ1) is 11.2. The minimum Gasteiger partial charge on any atom is -0.381 e. The minimum atomic E-state index is -0.0283. The topological polar surface area (TPSA) is 62.7 Å². The van der Waals surface area contributed by atoms with Crippen molar-refractivity contribution >= 4 is 23.2 Å². The maximum atomic E-state index is 12.6. The molecule has 6 nitrogen and oxygen atoms in total. The van der Waals surface area contributed by atoms with Crippen LogP contribution >= 0.6 is 11.3 Å². The number of aromatic nitrogens is 1. The predicted molar refractivity (Wildman–Crippen MR) is 85.2 cm³/mol. The number of hydrogen-bond acceptors (Lipinski definition) is 5. The van der Waals surface area contributed by atoms with Crippen LogP contribution in [-0.2, 0) is 9.53 Å². The molecule has 0 radical (unpaired) electrons. The van der Waals surface area contributed by atoms with Crippen LogP contribution in [0, 0.1) is 5.92 Å². The van der Waals surface area contributed by atoms with Gasteiger partial charge in [0, 0.05) is 38.1 Å². The molecule has 2 atom stereocenters. The maximum Gasteiger partial charge on any atom is 0.273 e. The predicted octanol–water partition coefficient (Wildman–Crippen LogP) is 1.39. The number of hydrogen-bond donors (Lipinski definition) is 0. The van der Waals surface area contributed by atoms with E-state index in [1.165, 1.54) is 11.3 Å². The van der Waals surface area contributed by atoms with Crippen molar-refractivity contribution in [2.75, 3.05) is 26.3 Å². The zero-order valence-electron chi connectivity index (χ0n) is 13.0. The van der Waals surface area contributed by atoms with Crippen molar-refractivity contribution < 1.29 is 14.3 Å². The first-order valence-corrected chi connectivity index (χ1v) is 9.24. The standard InChI is InChI=1S/C16H21N3O3S/c20-15-7-14-13(19(15)8-11-2-5-22-6-3-11)1-4-18(14)16(21)12-9-23-10-17-12/h9-11,13-14H,1-8H2. The van der Waals surface area contributed by atoms with Gasteiger partial charge in [-0.05, 0) is 25.2 Å². The smallest absolute Gasteiger partial charge is 0.273 e. The fourth-order valence-corrected chi connectivity index (χ4v) is 4.62. The number of amides is 2. The molecular formula is C16H21N3O3S. The average molecular weight is 335 g/mol. The lowest BCUT2D eigenvalue weighted by Gasteiger charge is -2.30. The molecule has 2 amide bonds. The van der Waals surface area contributed by atoms with Gasteiger partial charge in [-0.25, -0.2) is 4.98 Å². The molecule has 23 heavy (non-hydrogen) atoms. The molecule has 3 aliphatic rings. The van der Waals surface area contributed by atoms with Gasteiger partial charge in [0.2, 0.25) is 5.91 Å². The lowest BCUT2D eigenvalue weighted by molar-refractivity contribution is -0.130. The fourth-order valence-electron chi connectivity index (χ4n) is 4.09. The molecule has 124 valence electrons. The number of nitrogens with zero attached hydrogens (tertiary/aromatic N) is 3. The van der Waals surface area contributed by atoms with Gasteiger partial charge in [0.25, 0.3) is 5.91 Å². The van der Waals surface area contributed by atoms with E-state index in [9.17, 15) is 9.59 Å². The molecule has 7 heteroatoms. The highest BCUT2D eigenvalue weighted by Gasteiger charge is 2.48. The molecule has 3 saturated heterocycles. The van der Waals surface area contributed by atoms with E-state index < -0.39 is 0 Å². The quantitative estimate of drug-likeness (QED) is 0.837. The summed E-state index contributed by atoms with van der Waals surface area (Å²) in [6.45, 7) is 3.15. The summed E-state index contributed by atoms with van der Waals surface area (Å²) in [6, 6.07) is 0.212. The second-order valence-electron chi connectivity index (χ2n) is 6.60. The molecule has 0 aromatic carbocycles. The van der Waals surface area contributed by atoms with Gasteiger partial charge in [0.05, 0.1) is 17.6 Å². The van der Waals surface area contributed by atoms with E-state index in [1.807, 2.05) is 9.80 Å². The van der Waals surface area contributed by atoms with Gasteiger partial charge < -0.3 is 14.5 Å². The van der Waals surface area contributed by atoms with E-state index >= 15 is 0 Å². The first kappa shape index (κ1) is 15.1. The molecule has 2 unspecified atom stereocenters. The van der Waals surface area contributed by atoms with Crippen molar-refractivity contribution in [1.29, 1.82) is 0 Å². The van der Waals surface area contributed by atoms with E-state index in [-0.39, 0.29) is 23.9 Å². The van der Waals surface area contributed by atoms with Crippen molar-refractivity contribution in [2.45, 2.75) is 37.8 Å². The largest absolute Gasteiger partial charge is 0.381 e. The summed E-state index contributed by atoms with van der Waals surface area (Å²) in [6.07, 6.45) is 3.41. The molecule has 0 saturated carbocycles. The van der Waals surface area contributed by atoms with E-state index in [1.54, 1.807) is 10.9 Å². The van der Waals surface area contributed by atoms with Crippen molar-refractivity contribution in [3.63, 3.8) is 0 Å². The highest BCUT2D eigenvalue weighted by Crippen LogP contribution is 2.34. The van der Waals surface area contributed by atoms with E-state index in [4.69, 9.17) is 4.74 Å². The Bertz CT molecular complexity index is 585. The molecule has 3 aliphatic heterocycles. The van der Waals surface area contributed by atoms with Gasteiger partial charge >= 0.3 is 0 Å². The number of fused-ring (bicyclic) bond motifs is 1. The van der Waals surface area contributed by atoms with Crippen LogP contribution in [0.1, 0.15) is 36.2 Å². The summed E-state index contributed by atoms with van der Waals surface area (Å²) < 4.78 is 5.41. The second kappa shape index (κ2) is 6.20. The monoisotopic (exact) mass is 335 g/mol. The van der Waals surface area contributed by atoms with Crippen LogP contribution in [0.15, 0.2) is 10.9 Å². The van der Waals surface area contributed by atoms with Crippen LogP contribution in [0.3, 0.4) is 0 Å². The van der Waals surface area contributed by atoms with E-state index in [2.05, 4.69) is 4.98 Å². The summed E-state index contributed by atoms with van der Waals surface area (Å²) in [4.78, 5) is 33.1. The average Bonchev–Trinajstić information content (AvgIpc) is 3.27. The Balaban J connectivity index is 1.45. The van der Waals surface area contributed by atoms with Crippen molar-refractivity contribution in [3.05, 3.63) is 16.6 Å². The van der Waals surface area contributed by atoms with Crippen LogP contribution in [0.4, 0.5) is 0 Å². The molecule has 4 heterocycles. The minimum absolute atomic E-state index is 0.0246. The summed E-state index contributed by atoms with van der Waals surface area (Å²) in [5, 5.41) is 1.78. The maximum absolute atomic E-state index is 12.6. The third-order valence-corrected chi connectivity index (χ3v) is 5.91. The van der Waals surface area contributed by atoms with Crippen LogP contribution in [-0.4, -0.2) is 65.0 Å². The van der Waals surface area contributed by atoms with Crippen LogP contribution in [0.2, 0.25) is 0 Å². The molecule has 0 N–H and O–H groups in total. The molecular weight excluding hydrogens is 314 g/mol. The van der Waals surface area contributed by atoms with Gasteiger partial charge in [-0.1, -0.05) is 0 Å². The number of carbonyl (C=O) groups is 2. The third-order valence-electron chi connectivity index (χ3n) is 5.32. The summed E-state index contributed by atoms with van der Waals surface area (Å²) in [5.74, 6) is 0.705. The Morgan fingerprint density at radius 3 is 2.87 bits per heavy atom. The Kier molecular flexibility index (Phi) is 4.07. The molecule has 1 aromatic heterocycles. The van der Waals surface area contributed by atoms with Crippen LogP contribution < -0.4 is 0 Å². The fraction of sp³-hybridized carbons (Fsp3) is 0.688. The third kappa shape index (κ3) is 2.76. The van der Waals surface area contributed by atoms with Gasteiger partial charge in [0.15, 0.2) is 0 Å². The first-order valence-electron chi connectivity index (χ1n) is 8.30. The number of carbonyl (C=O) groups excluding carboxylic acids is 2. The zero-order valence-corrected chi connectivity index (χ0v) is 13.8. The van der Waals surface area contributed by atoms with Crippen LogP contribution in [0.25, 0.3) is 0 Å². The number of likely N-dealkylation sites (tertiary alicyclic amines) is 2. The Morgan fingerprint density at radius 1 is 1.30 bits per heavy atom. The number of thiazole rings is 1.